The highest BCUT2D eigenvalue weighted by atomic mass is 17.1. The van der Waals surface area contributed by atoms with Gasteiger partial charge in [-0.05, 0) is 25.0 Å². The quantitative estimate of drug-likeness (QED) is 0.487. The highest BCUT2D eigenvalue weighted by Crippen LogP contribution is 2.23. The molecule has 0 aliphatic rings. The van der Waals surface area contributed by atoms with Gasteiger partial charge in [0.05, 0.1) is 0 Å². The fraction of sp³-hybridized carbons (Fsp3) is 0.462. The smallest absolute Gasteiger partial charge is 0.305 e. The van der Waals surface area contributed by atoms with Crippen LogP contribution in [-0.2, 0) is 26.6 Å². The Morgan fingerprint density at radius 3 is 2.35 bits per heavy atom. The van der Waals surface area contributed by atoms with Crippen molar-refractivity contribution in [2.24, 2.45) is 0 Å². The van der Waals surface area contributed by atoms with Crippen molar-refractivity contribution in [3.05, 3.63) is 35.4 Å². The molecule has 94 valence electrons. The van der Waals surface area contributed by atoms with Gasteiger partial charge in [-0.15, -0.1) is 0 Å². The fourth-order valence-corrected chi connectivity index (χ4v) is 1.32. The molecule has 1 rings (SSSR count). The summed E-state index contributed by atoms with van der Waals surface area (Å²) in [4.78, 5) is 15.4. The Hall–Kier alpha value is -1.39. The van der Waals surface area contributed by atoms with E-state index in [1.54, 1.807) is 20.8 Å². The zero-order chi connectivity index (χ0) is 12.9. The van der Waals surface area contributed by atoms with Crippen molar-refractivity contribution in [2.45, 2.75) is 39.4 Å². The molecular formula is C13H18O4. The minimum atomic E-state index is -0.737. The fourth-order valence-electron chi connectivity index (χ4n) is 1.32. The summed E-state index contributed by atoms with van der Waals surface area (Å²) in [6.45, 7) is 5.55. The van der Waals surface area contributed by atoms with E-state index < -0.39 is 5.60 Å². The van der Waals surface area contributed by atoms with Crippen LogP contribution in [0.15, 0.2) is 24.3 Å². The van der Waals surface area contributed by atoms with Gasteiger partial charge in [0, 0.05) is 6.42 Å². The molecule has 0 saturated heterocycles. The maximum absolute atomic E-state index is 11.0. The number of carbonyl (C=O) groups is 1. The summed E-state index contributed by atoms with van der Waals surface area (Å²) < 4.78 is 5.01. The normalized spacial score (nSPS) is 11.3. The molecule has 4 nitrogen and oxygen atoms in total. The molecule has 1 N–H and O–H groups in total. The molecule has 1 aromatic rings. The predicted molar refractivity (Wildman–Crippen MR) is 63.3 cm³/mol. The van der Waals surface area contributed by atoms with E-state index in [1.807, 2.05) is 24.3 Å². The Balaban J connectivity index is 2.65. The highest BCUT2D eigenvalue weighted by Gasteiger charge is 2.21. The molecule has 0 fully saturated rings. The second-order valence-electron chi connectivity index (χ2n) is 4.31. The molecule has 17 heavy (non-hydrogen) atoms. The minimum absolute atomic E-state index is 0.215. The Morgan fingerprint density at radius 2 is 1.88 bits per heavy atom. The lowest BCUT2D eigenvalue weighted by Gasteiger charge is -2.21. The van der Waals surface area contributed by atoms with Crippen LogP contribution in [0.3, 0.4) is 0 Å². The van der Waals surface area contributed by atoms with Crippen LogP contribution < -0.4 is 0 Å². The van der Waals surface area contributed by atoms with Crippen LogP contribution in [0.4, 0.5) is 0 Å². The van der Waals surface area contributed by atoms with Gasteiger partial charge in [-0.1, -0.05) is 31.2 Å². The molecule has 0 unspecified atom stereocenters. The first-order valence-corrected chi connectivity index (χ1v) is 5.57. The van der Waals surface area contributed by atoms with Gasteiger partial charge in [-0.3, -0.25) is 10.1 Å². The van der Waals surface area contributed by atoms with Gasteiger partial charge in [0.15, 0.2) is 0 Å². The van der Waals surface area contributed by atoms with Gasteiger partial charge in [0.2, 0.25) is 0 Å². The second kappa shape index (κ2) is 5.80. The van der Waals surface area contributed by atoms with Crippen LogP contribution in [0.5, 0.6) is 0 Å². The molecule has 4 heteroatoms. The van der Waals surface area contributed by atoms with Crippen LogP contribution in [0, 0.1) is 0 Å². The number of benzene rings is 1. The molecule has 0 bridgehead atoms. The van der Waals surface area contributed by atoms with Gasteiger partial charge < -0.3 is 4.74 Å². The Morgan fingerprint density at radius 1 is 1.29 bits per heavy atom. The Kier molecular flexibility index (Phi) is 4.66. The zero-order valence-corrected chi connectivity index (χ0v) is 10.4. The maximum Gasteiger partial charge on any atom is 0.305 e. The largest absolute Gasteiger partial charge is 0.461 e. The summed E-state index contributed by atoms with van der Waals surface area (Å²) in [5.74, 6) is -0.215. The van der Waals surface area contributed by atoms with Crippen molar-refractivity contribution in [2.75, 3.05) is 0 Å². The summed E-state index contributed by atoms with van der Waals surface area (Å²) >= 11 is 0. The number of hydrogen-bond acceptors (Lipinski definition) is 4. The molecule has 0 saturated carbocycles. The minimum Gasteiger partial charge on any atom is -0.461 e. The van der Waals surface area contributed by atoms with Gasteiger partial charge >= 0.3 is 5.97 Å². The Bertz CT molecular complexity index is 368. The van der Waals surface area contributed by atoms with Gasteiger partial charge in [-0.25, -0.2) is 4.89 Å². The summed E-state index contributed by atoms with van der Waals surface area (Å²) in [6.07, 6.45) is 0.378. The first-order valence-electron chi connectivity index (χ1n) is 5.57. The van der Waals surface area contributed by atoms with Crippen LogP contribution in [-0.4, -0.2) is 11.2 Å². The van der Waals surface area contributed by atoms with Crippen LogP contribution in [0.25, 0.3) is 0 Å². The molecule has 0 aliphatic heterocycles. The standard InChI is InChI=1S/C13H18O4/c1-4-12(14)16-9-10-5-7-11(8-6-10)13(2,3)17-15/h5-8,15H,4,9H2,1-3H3. The van der Waals surface area contributed by atoms with Crippen LogP contribution in [0.1, 0.15) is 38.3 Å². The van der Waals surface area contributed by atoms with E-state index in [0.29, 0.717) is 6.42 Å². The third kappa shape index (κ3) is 3.84. The molecule has 0 spiro atoms. The lowest BCUT2D eigenvalue weighted by atomic mass is 9.97. The second-order valence-corrected chi connectivity index (χ2v) is 4.31. The number of carbonyl (C=O) groups excluding carboxylic acids is 1. The van der Waals surface area contributed by atoms with E-state index in [-0.39, 0.29) is 12.6 Å². The SMILES string of the molecule is CCC(=O)OCc1ccc(C(C)(C)OO)cc1. The lowest BCUT2D eigenvalue weighted by Crippen LogP contribution is -2.19. The van der Waals surface area contributed by atoms with Gasteiger partial charge in [-0.2, -0.15) is 0 Å². The summed E-state index contributed by atoms with van der Waals surface area (Å²) in [5, 5.41) is 8.76. The van der Waals surface area contributed by atoms with Crippen molar-refractivity contribution >= 4 is 5.97 Å². The third-order valence-electron chi connectivity index (χ3n) is 2.57. The predicted octanol–water partition coefficient (Wildman–Crippen LogP) is 2.86. The van der Waals surface area contributed by atoms with E-state index in [9.17, 15) is 4.79 Å². The monoisotopic (exact) mass is 238 g/mol. The summed E-state index contributed by atoms with van der Waals surface area (Å²) in [6, 6.07) is 7.37. The van der Waals surface area contributed by atoms with Crippen LogP contribution in [0.2, 0.25) is 0 Å². The maximum atomic E-state index is 11.0. The van der Waals surface area contributed by atoms with Crippen molar-refractivity contribution in [1.82, 2.24) is 0 Å². The first kappa shape index (κ1) is 13.7. The lowest BCUT2D eigenvalue weighted by molar-refractivity contribution is -0.318. The third-order valence-corrected chi connectivity index (χ3v) is 2.57. The molecule has 0 heterocycles. The summed E-state index contributed by atoms with van der Waals surface area (Å²) in [7, 11) is 0. The number of ether oxygens (including phenoxy) is 1. The van der Waals surface area contributed by atoms with E-state index in [2.05, 4.69) is 4.89 Å². The van der Waals surface area contributed by atoms with Crippen molar-refractivity contribution in [1.29, 1.82) is 0 Å². The van der Waals surface area contributed by atoms with Crippen molar-refractivity contribution < 1.29 is 19.7 Å². The zero-order valence-electron chi connectivity index (χ0n) is 10.4. The van der Waals surface area contributed by atoms with Crippen LogP contribution >= 0.6 is 0 Å². The van der Waals surface area contributed by atoms with Gasteiger partial charge in [0.25, 0.3) is 0 Å². The number of esters is 1. The van der Waals surface area contributed by atoms with Crippen molar-refractivity contribution in [3.8, 4) is 0 Å². The van der Waals surface area contributed by atoms with E-state index in [4.69, 9.17) is 9.99 Å². The highest BCUT2D eigenvalue weighted by molar-refractivity contribution is 5.68. The van der Waals surface area contributed by atoms with E-state index >= 15 is 0 Å². The van der Waals surface area contributed by atoms with Gasteiger partial charge in [0.1, 0.15) is 12.2 Å². The molecule has 0 radical (unpaired) electrons. The van der Waals surface area contributed by atoms with E-state index in [0.717, 1.165) is 11.1 Å². The number of rotatable bonds is 5. The van der Waals surface area contributed by atoms with Crippen molar-refractivity contribution in [3.63, 3.8) is 0 Å². The average Bonchev–Trinajstić information content (AvgIpc) is 2.36. The Labute approximate surface area is 101 Å². The van der Waals surface area contributed by atoms with E-state index in [1.165, 1.54) is 0 Å². The molecule has 0 aromatic heterocycles. The molecule has 0 amide bonds. The number of hydrogen-bond donors (Lipinski definition) is 1. The molecule has 1 aromatic carbocycles. The molecule has 0 aliphatic carbocycles. The molecule has 0 atom stereocenters. The average molecular weight is 238 g/mol. The topological polar surface area (TPSA) is 55.8 Å². The summed E-state index contributed by atoms with van der Waals surface area (Å²) in [5.41, 5.74) is 1.02. The first-order chi connectivity index (χ1) is 7.99. The molecular weight excluding hydrogens is 220 g/mol.